The Morgan fingerprint density at radius 1 is 1.00 bits per heavy atom. The minimum atomic E-state index is -4.51. The van der Waals surface area contributed by atoms with E-state index in [2.05, 4.69) is 26.5 Å². The fraction of sp³-hybridized carbons (Fsp3) is 0.136. The molecule has 0 unspecified atom stereocenters. The van der Waals surface area contributed by atoms with Gasteiger partial charge >= 0.3 is 12.2 Å². The van der Waals surface area contributed by atoms with E-state index in [1.54, 1.807) is 24.3 Å². The molecule has 172 valence electrons. The summed E-state index contributed by atoms with van der Waals surface area (Å²) in [7, 11) is 1.49. The van der Waals surface area contributed by atoms with E-state index in [0.29, 0.717) is 17.2 Å². The van der Waals surface area contributed by atoms with Crippen LogP contribution in [0.4, 0.5) is 29.3 Å². The number of hydrogen-bond acceptors (Lipinski definition) is 5. The van der Waals surface area contributed by atoms with Crippen LogP contribution in [-0.4, -0.2) is 24.0 Å². The average Bonchev–Trinajstić information content (AvgIpc) is 2.79. The number of hydrazine groups is 1. The largest absolute Gasteiger partial charge is 0.457 e. The van der Waals surface area contributed by atoms with Crippen LogP contribution in [0.25, 0.3) is 0 Å². The number of carbonyl (C=O) groups excluding carboxylic acids is 2. The standard InChI is InChI=1S/C22H20F3N5O3/c1-13-6-7-16(11-19(13)33-17-8-9-27-18(12-17)20(31)26-2)29-30-21(32)28-15-5-3-4-14(10-15)22(23,24)25/h3-12,29H,1-2H3,(H,26,31)(H2,28,30,32). The molecule has 0 spiro atoms. The maximum Gasteiger partial charge on any atom is 0.416 e. The summed E-state index contributed by atoms with van der Waals surface area (Å²) < 4.78 is 44.3. The predicted octanol–water partition coefficient (Wildman–Crippen LogP) is 4.71. The molecule has 1 heterocycles. The molecule has 3 rings (SSSR count). The van der Waals surface area contributed by atoms with Gasteiger partial charge in [0.1, 0.15) is 17.2 Å². The molecule has 0 saturated carbocycles. The van der Waals surface area contributed by atoms with Gasteiger partial charge in [0.05, 0.1) is 11.3 Å². The van der Waals surface area contributed by atoms with Gasteiger partial charge in [-0.25, -0.2) is 4.79 Å². The average molecular weight is 459 g/mol. The molecule has 11 heteroatoms. The van der Waals surface area contributed by atoms with Crippen LogP contribution in [0.3, 0.4) is 0 Å². The minimum absolute atomic E-state index is 0.0124. The number of aromatic nitrogens is 1. The van der Waals surface area contributed by atoms with Gasteiger partial charge in [-0.05, 0) is 42.8 Å². The SMILES string of the molecule is CNC(=O)c1cc(Oc2cc(NNC(=O)Nc3cccc(C(F)(F)F)c3)ccc2C)ccn1. The number of hydrogen-bond donors (Lipinski definition) is 4. The Labute approximate surface area is 187 Å². The third-order valence-electron chi connectivity index (χ3n) is 4.38. The summed E-state index contributed by atoms with van der Waals surface area (Å²) in [6.07, 6.45) is -3.07. The predicted molar refractivity (Wildman–Crippen MR) is 116 cm³/mol. The van der Waals surface area contributed by atoms with Crippen molar-refractivity contribution in [2.24, 2.45) is 0 Å². The van der Waals surface area contributed by atoms with Crippen LogP contribution in [0.15, 0.2) is 60.8 Å². The fourth-order valence-electron chi connectivity index (χ4n) is 2.71. The number of benzene rings is 2. The van der Waals surface area contributed by atoms with E-state index in [4.69, 9.17) is 4.74 Å². The number of nitrogens with zero attached hydrogens (tertiary/aromatic N) is 1. The lowest BCUT2D eigenvalue weighted by Gasteiger charge is -2.14. The van der Waals surface area contributed by atoms with Crippen molar-refractivity contribution in [1.82, 2.24) is 15.7 Å². The molecular formula is C22H20F3N5O3. The Morgan fingerprint density at radius 3 is 2.52 bits per heavy atom. The molecule has 4 N–H and O–H groups in total. The zero-order valence-electron chi connectivity index (χ0n) is 17.6. The van der Waals surface area contributed by atoms with Gasteiger partial charge in [0.25, 0.3) is 5.91 Å². The second-order valence-electron chi connectivity index (χ2n) is 6.82. The Hall–Kier alpha value is -4.28. The number of anilines is 2. The molecule has 0 fully saturated rings. The lowest BCUT2D eigenvalue weighted by atomic mass is 10.2. The van der Waals surface area contributed by atoms with Gasteiger partial charge in [0.2, 0.25) is 0 Å². The molecule has 0 atom stereocenters. The highest BCUT2D eigenvalue weighted by Gasteiger charge is 2.30. The van der Waals surface area contributed by atoms with Crippen LogP contribution in [0.5, 0.6) is 11.5 Å². The molecule has 0 saturated heterocycles. The molecule has 3 aromatic rings. The van der Waals surface area contributed by atoms with Crippen molar-refractivity contribution in [2.45, 2.75) is 13.1 Å². The van der Waals surface area contributed by atoms with Gasteiger partial charge in [0, 0.05) is 31.1 Å². The van der Waals surface area contributed by atoms with E-state index in [-0.39, 0.29) is 17.3 Å². The Bertz CT molecular complexity index is 1170. The number of urea groups is 1. The highest BCUT2D eigenvalue weighted by atomic mass is 19.4. The molecule has 33 heavy (non-hydrogen) atoms. The van der Waals surface area contributed by atoms with Gasteiger partial charge in [0.15, 0.2) is 0 Å². The number of ether oxygens (including phenoxy) is 1. The molecule has 0 radical (unpaired) electrons. The zero-order valence-corrected chi connectivity index (χ0v) is 17.6. The van der Waals surface area contributed by atoms with Crippen LogP contribution in [-0.2, 0) is 6.18 Å². The summed E-state index contributed by atoms with van der Waals surface area (Å²) >= 11 is 0. The highest BCUT2D eigenvalue weighted by molar-refractivity contribution is 5.92. The van der Waals surface area contributed by atoms with Crippen LogP contribution in [0, 0.1) is 6.92 Å². The molecule has 0 bridgehead atoms. The maximum atomic E-state index is 12.8. The summed E-state index contributed by atoms with van der Waals surface area (Å²) in [6, 6.07) is 11.6. The third kappa shape index (κ3) is 6.35. The smallest absolute Gasteiger partial charge is 0.416 e. The zero-order chi connectivity index (χ0) is 24.0. The molecule has 3 amide bonds. The van der Waals surface area contributed by atoms with E-state index >= 15 is 0 Å². The van der Waals surface area contributed by atoms with Crippen molar-refractivity contribution < 1.29 is 27.5 Å². The molecule has 0 aliphatic carbocycles. The second kappa shape index (κ2) is 9.90. The van der Waals surface area contributed by atoms with Gasteiger partial charge in [-0.3, -0.25) is 20.6 Å². The first-order chi connectivity index (χ1) is 15.7. The number of nitrogens with one attached hydrogen (secondary N) is 4. The molecule has 1 aromatic heterocycles. The quantitative estimate of drug-likeness (QED) is 0.400. The van der Waals surface area contributed by atoms with E-state index in [1.807, 2.05) is 6.92 Å². The van der Waals surface area contributed by atoms with E-state index in [9.17, 15) is 22.8 Å². The molecular weight excluding hydrogens is 439 g/mol. The normalized spacial score (nSPS) is 10.8. The minimum Gasteiger partial charge on any atom is -0.457 e. The number of amides is 3. The molecule has 8 nitrogen and oxygen atoms in total. The number of rotatable bonds is 6. The first-order valence-electron chi connectivity index (χ1n) is 9.62. The summed E-state index contributed by atoms with van der Waals surface area (Å²) in [4.78, 5) is 27.8. The summed E-state index contributed by atoms with van der Waals surface area (Å²) in [6.45, 7) is 1.81. The highest BCUT2D eigenvalue weighted by Crippen LogP contribution is 2.31. The lowest BCUT2D eigenvalue weighted by Crippen LogP contribution is -2.33. The number of aryl methyl sites for hydroxylation is 1. The van der Waals surface area contributed by atoms with E-state index in [1.165, 1.54) is 31.4 Å². The van der Waals surface area contributed by atoms with Gasteiger partial charge < -0.3 is 15.4 Å². The van der Waals surface area contributed by atoms with Crippen LogP contribution in [0.1, 0.15) is 21.6 Å². The maximum absolute atomic E-state index is 12.8. The first kappa shape index (κ1) is 23.4. The van der Waals surface area contributed by atoms with Crippen molar-refractivity contribution in [3.63, 3.8) is 0 Å². The number of halogens is 3. The number of carbonyl (C=O) groups is 2. The molecule has 0 aliphatic heterocycles. The van der Waals surface area contributed by atoms with Gasteiger partial charge in [-0.2, -0.15) is 13.2 Å². The van der Waals surface area contributed by atoms with Gasteiger partial charge in [-0.1, -0.05) is 12.1 Å². The Balaban J connectivity index is 1.64. The molecule has 0 aliphatic rings. The lowest BCUT2D eigenvalue weighted by molar-refractivity contribution is -0.137. The summed E-state index contributed by atoms with van der Waals surface area (Å²) in [5, 5.41) is 4.80. The molecule has 2 aromatic carbocycles. The monoisotopic (exact) mass is 459 g/mol. The first-order valence-corrected chi connectivity index (χ1v) is 9.62. The van der Waals surface area contributed by atoms with Crippen molar-refractivity contribution in [2.75, 3.05) is 17.8 Å². The van der Waals surface area contributed by atoms with Crippen molar-refractivity contribution in [3.05, 3.63) is 77.6 Å². The number of alkyl halides is 3. The summed E-state index contributed by atoms with van der Waals surface area (Å²) in [5.41, 5.74) is 5.55. The van der Waals surface area contributed by atoms with E-state index in [0.717, 1.165) is 17.7 Å². The van der Waals surface area contributed by atoms with Crippen LogP contribution >= 0.6 is 0 Å². The Morgan fingerprint density at radius 2 is 1.79 bits per heavy atom. The van der Waals surface area contributed by atoms with Crippen molar-refractivity contribution in [1.29, 1.82) is 0 Å². The van der Waals surface area contributed by atoms with Crippen molar-refractivity contribution in [3.8, 4) is 11.5 Å². The topological polar surface area (TPSA) is 104 Å². The van der Waals surface area contributed by atoms with Crippen LogP contribution in [0.2, 0.25) is 0 Å². The third-order valence-corrected chi connectivity index (χ3v) is 4.38. The second-order valence-corrected chi connectivity index (χ2v) is 6.82. The number of pyridine rings is 1. The summed E-state index contributed by atoms with van der Waals surface area (Å²) in [5.74, 6) is 0.483. The van der Waals surface area contributed by atoms with Crippen molar-refractivity contribution >= 4 is 23.3 Å². The van der Waals surface area contributed by atoms with Gasteiger partial charge in [-0.15, -0.1) is 0 Å². The fourth-order valence-corrected chi connectivity index (χ4v) is 2.71. The Kier molecular flexibility index (Phi) is 7.01. The van der Waals surface area contributed by atoms with Crippen LogP contribution < -0.4 is 26.2 Å². The van der Waals surface area contributed by atoms with E-state index < -0.39 is 17.8 Å².